The van der Waals surface area contributed by atoms with Crippen molar-refractivity contribution in [3.8, 4) is 5.75 Å². The molecule has 1 aliphatic carbocycles. The topological polar surface area (TPSA) is 55.6 Å². The Labute approximate surface area is 115 Å². The summed E-state index contributed by atoms with van der Waals surface area (Å²) in [7, 11) is 1.76. The molecule has 2 N–H and O–H groups in total. The van der Waals surface area contributed by atoms with Crippen molar-refractivity contribution in [1.29, 1.82) is 0 Å². The van der Waals surface area contributed by atoms with Gasteiger partial charge in [-0.3, -0.25) is 4.79 Å². The van der Waals surface area contributed by atoms with Gasteiger partial charge in [0.1, 0.15) is 12.4 Å². The van der Waals surface area contributed by atoms with Crippen LogP contribution in [0.5, 0.6) is 5.75 Å². The van der Waals surface area contributed by atoms with Crippen molar-refractivity contribution >= 4 is 21.8 Å². The van der Waals surface area contributed by atoms with Gasteiger partial charge in [-0.05, 0) is 37.1 Å². The SMILES string of the molecule is CN(CCOc1ccc(Br)cc1)C(=O)C1(N)CC1. The highest BCUT2D eigenvalue weighted by Crippen LogP contribution is 2.33. The van der Waals surface area contributed by atoms with Gasteiger partial charge in [-0.1, -0.05) is 15.9 Å². The number of benzene rings is 1. The molecule has 1 saturated carbocycles. The summed E-state index contributed by atoms with van der Waals surface area (Å²) in [5, 5.41) is 0. The van der Waals surface area contributed by atoms with Crippen molar-refractivity contribution in [2.24, 2.45) is 5.73 Å². The predicted octanol–water partition coefficient (Wildman–Crippen LogP) is 1.78. The molecule has 4 nitrogen and oxygen atoms in total. The minimum absolute atomic E-state index is 0.0157. The first-order valence-electron chi connectivity index (χ1n) is 5.94. The molecule has 1 amide bonds. The number of amides is 1. The van der Waals surface area contributed by atoms with E-state index in [0.717, 1.165) is 23.1 Å². The number of ether oxygens (including phenoxy) is 1. The Bertz CT molecular complexity index is 429. The van der Waals surface area contributed by atoms with Gasteiger partial charge in [0, 0.05) is 11.5 Å². The Hall–Kier alpha value is -1.07. The molecule has 5 heteroatoms. The van der Waals surface area contributed by atoms with E-state index in [-0.39, 0.29) is 5.91 Å². The molecule has 1 aromatic rings. The molecule has 1 fully saturated rings. The number of carbonyl (C=O) groups excluding carboxylic acids is 1. The Morgan fingerprint density at radius 3 is 2.61 bits per heavy atom. The second kappa shape index (κ2) is 5.28. The van der Waals surface area contributed by atoms with Crippen LogP contribution in [0.25, 0.3) is 0 Å². The summed E-state index contributed by atoms with van der Waals surface area (Å²) in [4.78, 5) is 13.5. The van der Waals surface area contributed by atoms with Crippen molar-refractivity contribution in [1.82, 2.24) is 4.90 Å². The van der Waals surface area contributed by atoms with Crippen LogP contribution < -0.4 is 10.5 Å². The molecule has 1 aromatic carbocycles. The highest BCUT2D eigenvalue weighted by Gasteiger charge is 2.47. The first kappa shape index (κ1) is 13.4. The lowest BCUT2D eigenvalue weighted by atomic mass is 10.2. The van der Waals surface area contributed by atoms with E-state index in [9.17, 15) is 4.79 Å². The highest BCUT2D eigenvalue weighted by atomic mass is 79.9. The monoisotopic (exact) mass is 312 g/mol. The van der Waals surface area contributed by atoms with E-state index in [4.69, 9.17) is 10.5 Å². The predicted molar refractivity (Wildman–Crippen MR) is 73.4 cm³/mol. The van der Waals surface area contributed by atoms with Crippen LogP contribution in [-0.2, 0) is 4.79 Å². The summed E-state index contributed by atoms with van der Waals surface area (Å²) in [6.07, 6.45) is 1.59. The fourth-order valence-corrected chi connectivity index (χ4v) is 1.93. The van der Waals surface area contributed by atoms with Gasteiger partial charge in [0.15, 0.2) is 0 Å². The Morgan fingerprint density at radius 1 is 1.44 bits per heavy atom. The van der Waals surface area contributed by atoms with Crippen molar-refractivity contribution in [3.63, 3.8) is 0 Å². The van der Waals surface area contributed by atoms with Crippen LogP contribution in [0.2, 0.25) is 0 Å². The first-order chi connectivity index (χ1) is 8.51. The molecule has 98 valence electrons. The largest absolute Gasteiger partial charge is 0.492 e. The average Bonchev–Trinajstić information content (AvgIpc) is 3.10. The van der Waals surface area contributed by atoms with Crippen LogP contribution in [0.1, 0.15) is 12.8 Å². The Kier molecular flexibility index (Phi) is 3.92. The maximum atomic E-state index is 11.9. The van der Waals surface area contributed by atoms with Gasteiger partial charge >= 0.3 is 0 Å². The Balaban J connectivity index is 1.75. The number of hydrogen-bond acceptors (Lipinski definition) is 3. The van der Waals surface area contributed by atoms with E-state index in [1.165, 1.54) is 0 Å². The summed E-state index contributed by atoms with van der Waals surface area (Å²) >= 11 is 3.36. The first-order valence-corrected chi connectivity index (χ1v) is 6.73. The Morgan fingerprint density at radius 2 is 2.06 bits per heavy atom. The van der Waals surface area contributed by atoms with Crippen LogP contribution in [-0.4, -0.2) is 36.5 Å². The average molecular weight is 313 g/mol. The smallest absolute Gasteiger partial charge is 0.242 e. The number of halogens is 1. The quantitative estimate of drug-likeness (QED) is 0.901. The minimum Gasteiger partial charge on any atom is -0.492 e. The van der Waals surface area contributed by atoms with Crippen LogP contribution >= 0.6 is 15.9 Å². The number of likely N-dealkylation sites (N-methyl/N-ethyl adjacent to an activating group) is 1. The third kappa shape index (κ3) is 3.23. The van der Waals surface area contributed by atoms with Gasteiger partial charge in [0.2, 0.25) is 5.91 Å². The van der Waals surface area contributed by atoms with Crippen LogP contribution in [0, 0.1) is 0 Å². The molecule has 0 aliphatic heterocycles. The van der Waals surface area contributed by atoms with Gasteiger partial charge < -0.3 is 15.4 Å². The molecule has 18 heavy (non-hydrogen) atoms. The maximum Gasteiger partial charge on any atom is 0.242 e. The zero-order valence-corrected chi connectivity index (χ0v) is 11.9. The lowest BCUT2D eigenvalue weighted by Gasteiger charge is -2.20. The summed E-state index contributed by atoms with van der Waals surface area (Å²) in [5.74, 6) is 0.815. The number of carbonyl (C=O) groups is 1. The van der Waals surface area contributed by atoms with E-state index in [1.54, 1.807) is 11.9 Å². The summed E-state index contributed by atoms with van der Waals surface area (Å²) < 4.78 is 6.57. The highest BCUT2D eigenvalue weighted by molar-refractivity contribution is 9.10. The molecular formula is C13H17BrN2O2. The van der Waals surface area contributed by atoms with Gasteiger partial charge in [-0.2, -0.15) is 0 Å². The van der Waals surface area contributed by atoms with E-state index in [2.05, 4.69) is 15.9 Å². The molecule has 0 heterocycles. The van der Waals surface area contributed by atoms with Crippen LogP contribution in [0.4, 0.5) is 0 Å². The van der Waals surface area contributed by atoms with Gasteiger partial charge in [-0.25, -0.2) is 0 Å². The molecule has 2 rings (SSSR count). The lowest BCUT2D eigenvalue weighted by Crippen LogP contribution is -2.45. The van der Waals surface area contributed by atoms with Gasteiger partial charge in [0.25, 0.3) is 0 Å². The van der Waals surface area contributed by atoms with Crippen molar-refractivity contribution in [2.75, 3.05) is 20.2 Å². The number of nitrogens with two attached hydrogens (primary N) is 1. The fourth-order valence-electron chi connectivity index (χ4n) is 1.66. The molecule has 0 atom stereocenters. The second-order valence-electron chi connectivity index (χ2n) is 4.69. The van der Waals surface area contributed by atoms with Gasteiger partial charge in [0.05, 0.1) is 12.1 Å². The summed E-state index contributed by atoms with van der Waals surface area (Å²) in [6, 6.07) is 7.61. The summed E-state index contributed by atoms with van der Waals surface area (Å²) in [6.45, 7) is 1.02. The zero-order chi connectivity index (χ0) is 13.2. The van der Waals surface area contributed by atoms with Crippen molar-refractivity contribution in [2.45, 2.75) is 18.4 Å². The molecule has 0 radical (unpaired) electrons. The normalized spacial score (nSPS) is 16.2. The van der Waals surface area contributed by atoms with E-state index >= 15 is 0 Å². The number of nitrogens with zero attached hydrogens (tertiary/aromatic N) is 1. The molecular weight excluding hydrogens is 296 g/mol. The zero-order valence-electron chi connectivity index (χ0n) is 10.4. The van der Waals surface area contributed by atoms with Crippen LogP contribution in [0.3, 0.4) is 0 Å². The van der Waals surface area contributed by atoms with E-state index in [0.29, 0.717) is 13.2 Å². The second-order valence-corrected chi connectivity index (χ2v) is 5.60. The molecule has 0 spiro atoms. The maximum absolute atomic E-state index is 11.9. The van der Waals surface area contributed by atoms with Crippen molar-refractivity contribution < 1.29 is 9.53 Å². The van der Waals surface area contributed by atoms with Gasteiger partial charge in [-0.15, -0.1) is 0 Å². The minimum atomic E-state index is -0.591. The molecule has 0 aromatic heterocycles. The number of rotatable bonds is 5. The third-order valence-electron chi connectivity index (χ3n) is 3.07. The molecule has 0 bridgehead atoms. The fraction of sp³-hybridized carbons (Fsp3) is 0.462. The summed E-state index contributed by atoms with van der Waals surface area (Å²) in [5.41, 5.74) is 5.26. The van der Waals surface area contributed by atoms with E-state index < -0.39 is 5.54 Å². The van der Waals surface area contributed by atoms with Crippen molar-refractivity contribution in [3.05, 3.63) is 28.7 Å². The number of hydrogen-bond donors (Lipinski definition) is 1. The molecule has 0 saturated heterocycles. The molecule has 0 unspecified atom stereocenters. The standard InChI is InChI=1S/C13H17BrN2O2/c1-16(12(17)13(15)6-7-13)8-9-18-11-4-2-10(14)3-5-11/h2-5H,6-9,15H2,1H3. The van der Waals surface area contributed by atoms with E-state index in [1.807, 2.05) is 24.3 Å². The lowest BCUT2D eigenvalue weighted by molar-refractivity contribution is -0.132. The van der Waals surface area contributed by atoms with Crippen LogP contribution in [0.15, 0.2) is 28.7 Å². The third-order valence-corrected chi connectivity index (χ3v) is 3.60. The molecule has 1 aliphatic rings.